The molecule has 8 unspecified atom stereocenters. The number of ether oxygens (including phenoxy) is 4. The Kier molecular flexibility index (Phi) is 16.9. The monoisotopic (exact) mass is 728 g/mol. The summed E-state index contributed by atoms with van der Waals surface area (Å²) in [5.41, 5.74) is 11.4. The van der Waals surface area contributed by atoms with E-state index in [9.17, 15) is 10.2 Å². The maximum absolute atomic E-state index is 11.0. The molecule has 0 bridgehead atoms. The number of aliphatic hydroxyl groups excluding tert-OH is 2. The first-order chi connectivity index (χ1) is 23.8. The van der Waals surface area contributed by atoms with E-state index in [-0.39, 0.29) is 25.0 Å². The molecule has 13 atom stereocenters. The molecule has 0 aromatic heterocycles. The Bertz CT molecular complexity index is 1070. The maximum Gasteiger partial charge on any atom is 0.158 e. The summed E-state index contributed by atoms with van der Waals surface area (Å²) in [7, 11) is 0. The summed E-state index contributed by atoms with van der Waals surface area (Å²) in [6, 6.07) is 0. The van der Waals surface area contributed by atoms with Crippen LogP contribution in [0.25, 0.3) is 0 Å². The van der Waals surface area contributed by atoms with Crippen molar-refractivity contribution >= 4 is 11.9 Å². The minimum absolute atomic E-state index is 0.0120. The second-order valence-electron chi connectivity index (χ2n) is 16.1. The van der Waals surface area contributed by atoms with Gasteiger partial charge in [0.25, 0.3) is 0 Å². The molecule has 12 nitrogen and oxygen atoms in total. The first kappa shape index (κ1) is 41.6. The topological polar surface area (TPSA) is 190 Å². The predicted molar refractivity (Wildman–Crippen MR) is 197 cm³/mol. The van der Waals surface area contributed by atoms with Crippen molar-refractivity contribution in [1.29, 1.82) is 0 Å². The van der Waals surface area contributed by atoms with E-state index >= 15 is 0 Å². The Morgan fingerprint density at radius 1 is 0.820 bits per heavy atom. The lowest BCUT2D eigenvalue weighted by atomic mass is 9.62. The molecule has 2 heterocycles. The summed E-state index contributed by atoms with van der Waals surface area (Å²) in [5.74, 6) is 16.6. The Labute approximate surface area is 306 Å². The quantitative estimate of drug-likeness (QED) is 0.0589. The molecule has 0 radical (unpaired) electrons. The van der Waals surface area contributed by atoms with Gasteiger partial charge in [0.15, 0.2) is 12.6 Å². The number of quaternary nitrogens is 1. The van der Waals surface area contributed by atoms with E-state index in [4.69, 9.17) is 36.4 Å². The van der Waals surface area contributed by atoms with Gasteiger partial charge in [0.2, 0.25) is 0 Å². The van der Waals surface area contributed by atoms with E-state index in [1.807, 2.05) is 0 Å². The molecule has 2 aliphatic heterocycles. The van der Waals surface area contributed by atoms with Crippen LogP contribution in [0, 0.1) is 53.3 Å². The molecule has 13 heteroatoms. The van der Waals surface area contributed by atoms with E-state index in [0.717, 1.165) is 38.9 Å². The average molecular weight is 728 g/mol. The Balaban J connectivity index is 1.13. The summed E-state index contributed by atoms with van der Waals surface area (Å²) < 4.78 is 25.4. The van der Waals surface area contributed by atoms with Gasteiger partial charge in [-0.05, 0) is 106 Å². The van der Waals surface area contributed by atoms with Crippen molar-refractivity contribution < 1.29 is 34.9 Å². The predicted octanol–water partition coefficient (Wildman–Crippen LogP) is 3.52. The molecule has 50 heavy (non-hydrogen) atoms. The van der Waals surface area contributed by atoms with Crippen molar-refractivity contribution in [2.45, 2.75) is 117 Å². The highest BCUT2D eigenvalue weighted by atomic mass is 32.2. The third-order valence-corrected chi connectivity index (χ3v) is 13.2. The fraction of sp³-hybridized carbons (Fsp3) is 0.892. The Hall–Kier alpha value is -1.13. The molecule has 11 N–H and O–H groups in total. The first-order valence-corrected chi connectivity index (χ1v) is 20.3. The SMILES string of the molecule is CC1CCC2CCCC(C(C)[C@@H](O)OC/C([NH3+])=C/N(N)SCCN(N)/C=C(\N)CO[C@H](O)C(C)[C@@H]3CC[C@@H](C)[C@@H]4CCC(C)OCC34)C2CO1. The standard InChI is InChI=1S/C37H70N6O6S/c1-23-9-13-33(35-22-47-25(3)11-14-31(23)35)27(5)37(45)48-19-29(38)17-42(40)15-16-50-43(41)18-30(39)20-49-36(44)26(4)32-8-6-7-28-12-10-24(2)46-21-34(28)32/h17-18,23-28,31-37,44-45H,6-16,19-22,38-41H2,1-5H3/p+1/b29-17-,30-18-/t23-,24?,25?,26?,27?,28?,31+,32?,33+,34?,35?,36+,37+/m1/s1. The van der Waals surface area contributed by atoms with Crippen molar-refractivity contribution in [3.63, 3.8) is 0 Å². The average Bonchev–Trinajstić information content (AvgIpc) is 3.41. The molecule has 4 fully saturated rings. The molecular weight excluding hydrogens is 657 g/mol. The van der Waals surface area contributed by atoms with Crippen LogP contribution in [0.4, 0.5) is 0 Å². The van der Waals surface area contributed by atoms with Gasteiger partial charge in [-0.2, -0.15) is 0 Å². The second kappa shape index (κ2) is 20.4. The van der Waals surface area contributed by atoms with Gasteiger partial charge >= 0.3 is 0 Å². The van der Waals surface area contributed by atoms with E-state index in [2.05, 4.69) is 40.4 Å². The van der Waals surface area contributed by atoms with Crippen LogP contribution in [0.1, 0.15) is 92.4 Å². The number of rotatable bonds is 16. The van der Waals surface area contributed by atoms with Crippen molar-refractivity contribution in [3.8, 4) is 0 Å². The lowest BCUT2D eigenvalue weighted by Gasteiger charge is -2.44. The van der Waals surface area contributed by atoms with Crippen LogP contribution < -0.4 is 23.2 Å². The first-order valence-electron chi connectivity index (χ1n) is 19.3. The van der Waals surface area contributed by atoms with Crippen LogP contribution in [0.5, 0.6) is 0 Å². The molecular formula is C37H71N6O6S+. The van der Waals surface area contributed by atoms with Crippen molar-refractivity contribution in [2.75, 3.05) is 38.7 Å². The fourth-order valence-corrected chi connectivity index (χ4v) is 9.93. The van der Waals surface area contributed by atoms with Crippen LogP contribution in [0.2, 0.25) is 0 Å². The normalized spacial score (nSPS) is 35.1. The molecule has 0 spiro atoms. The maximum atomic E-state index is 11.0. The Morgan fingerprint density at radius 2 is 1.44 bits per heavy atom. The van der Waals surface area contributed by atoms with Crippen molar-refractivity contribution in [2.24, 2.45) is 70.7 Å². The molecule has 0 amide bonds. The number of hydrogen-bond acceptors (Lipinski definition) is 12. The number of nitrogens with zero attached hydrogens (tertiary/aromatic N) is 2. The summed E-state index contributed by atoms with van der Waals surface area (Å²) in [6.45, 7) is 13.2. The largest absolute Gasteiger partial charge is 0.399 e. The van der Waals surface area contributed by atoms with E-state index < -0.39 is 12.6 Å². The number of hydrazine groups is 2. The summed E-state index contributed by atoms with van der Waals surface area (Å²) in [4.78, 5) is 0. The molecule has 4 rings (SSSR count). The van der Waals surface area contributed by atoms with E-state index in [0.29, 0.717) is 77.3 Å². The highest BCUT2D eigenvalue weighted by Gasteiger charge is 2.43. The number of nitrogens with two attached hydrogens (primary N) is 3. The van der Waals surface area contributed by atoms with E-state index in [1.54, 1.807) is 12.4 Å². The van der Waals surface area contributed by atoms with Gasteiger partial charge in [-0.15, -0.1) is 0 Å². The third-order valence-electron chi connectivity index (χ3n) is 12.4. The van der Waals surface area contributed by atoms with Gasteiger partial charge < -0.3 is 45.6 Å². The molecule has 290 valence electrons. The highest BCUT2D eigenvalue weighted by Crippen LogP contribution is 2.47. The molecule has 4 aliphatic rings. The van der Waals surface area contributed by atoms with Gasteiger partial charge in [0, 0.05) is 30.3 Å². The van der Waals surface area contributed by atoms with Crippen LogP contribution in [-0.2, 0) is 18.9 Å². The van der Waals surface area contributed by atoms with E-state index in [1.165, 1.54) is 53.5 Å². The lowest BCUT2D eigenvalue weighted by Crippen LogP contribution is -2.51. The van der Waals surface area contributed by atoms with Gasteiger partial charge in [-0.3, -0.25) is 4.41 Å². The lowest BCUT2D eigenvalue weighted by molar-refractivity contribution is -0.320. The molecule has 2 aliphatic carbocycles. The summed E-state index contributed by atoms with van der Waals surface area (Å²) in [6.07, 6.45) is 12.6. The zero-order valence-electron chi connectivity index (χ0n) is 31.5. The molecule has 2 saturated carbocycles. The number of aliphatic hydroxyl groups is 2. The summed E-state index contributed by atoms with van der Waals surface area (Å²) >= 11 is 1.38. The fourth-order valence-electron chi connectivity index (χ4n) is 9.20. The van der Waals surface area contributed by atoms with Crippen LogP contribution in [-0.4, -0.2) is 83.1 Å². The minimum atomic E-state index is -0.911. The van der Waals surface area contributed by atoms with Gasteiger partial charge in [0.1, 0.15) is 12.3 Å². The second-order valence-corrected chi connectivity index (χ2v) is 17.1. The number of fused-ring (bicyclic) bond motifs is 2. The molecule has 0 aromatic carbocycles. The highest BCUT2D eigenvalue weighted by molar-refractivity contribution is 7.97. The van der Waals surface area contributed by atoms with Crippen LogP contribution in [0.3, 0.4) is 0 Å². The van der Waals surface area contributed by atoms with Crippen LogP contribution in [0.15, 0.2) is 23.8 Å². The molecule has 2 saturated heterocycles. The summed E-state index contributed by atoms with van der Waals surface area (Å²) in [5, 5.41) is 23.4. The smallest absolute Gasteiger partial charge is 0.158 e. The van der Waals surface area contributed by atoms with Gasteiger partial charge in [0.05, 0.1) is 43.9 Å². The zero-order chi connectivity index (χ0) is 36.4. The molecule has 0 aromatic rings. The minimum Gasteiger partial charge on any atom is -0.399 e. The zero-order valence-corrected chi connectivity index (χ0v) is 32.4. The van der Waals surface area contributed by atoms with Crippen molar-refractivity contribution in [3.05, 3.63) is 23.8 Å². The van der Waals surface area contributed by atoms with Gasteiger partial charge in [-0.25, -0.2) is 11.7 Å². The van der Waals surface area contributed by atoms with Crippen LogP contribution >= 0.6 is 11.9 Å². The number of hydrogen-bond donors (Lipinski definition) is 6. The van der Waals surface area contributed by atoms with Crippen molar-refractivity contribution in [1.82, 2.24) is 9.42 Å². The third kappa shape index (κ3) is 12.2. The Morgan fingerprint density at radius 3 is 2.14 bits per heavy atom. The van der Waals surface area contributed by atoms with Gasteiger partial charge in [-0.1, -0.05) is 40.0 Å².